The summed E-state index contributed by atoms with van der Waals surface area (Å²) in [5.74, 6) is 1.42. The van der Waals surface area contributed by atoms with E-state index >= 15 is 0 Å². The zero-order valence-corrected chi connectivity index (χ0v) is 7.07. The van der Waals surface area contributed by atoms with Gasteiger partial charge < -0.3 is 14.0 Å². The molecule has 1 N–H and O–H groups in total. The molecule has 0 unspecified atom stereocenters. The van der Waals surface area contributed by atoms with Gasteiger partial charge in [0.05, 0.1) is 7.11 Å². The molecule has 0 saturated carbocycles. The molecule has 0 bridgehead atoms. The molecule has 0 aliphatic carbocycles. The lowest BCUT2D eigenvalue weighted by Crippen LogP contribution is -1.99. The highest BCUT2D eigenvalue weighted by atomic mass is 28.2. The minimum absolute atomic E-state index is 0.508. The summed E-state index contributed by atoms with van der Waals surface area (Å²) < 4.78 is 9.76. The quantitative estimate of drug-likeness (QED) is 0.672. The van der Waals surface area contributed by atoms with E-state index in [1.165, 1.54) is 0 Å². The van der Waals surface area contributed by atoms with Crippen LogP contribution in [0.25, 0.3) is 0 Å². The fourth-order valence-corrected chi connectivity index (χ4v) is 0.938. The van der Waals surface area contributed by atoms with E-state index < -0.39 is 10.0 Å². The molecule has 1 aromatic rings. The minimum Gasteiger partial charge on any atom is -0.518 e. The third-order valence-electron chi connectivity index (χ3n) is 1.22. The Morgan fingerprint density at radius 1 is 1.18 bits per heavy atom. The van der Waals surface area contributed by atoms with E-state index in [0.717, 1.165) is 5.75 Å². The van der Waals surface area contributed by atoms with Crippen LogP contribution < -0.4 is 9.16 Å². The molecule has 4 heteroatoms. The van der Waals surface area contributed by atoms with E-state index in [9.17, 15) is 0 Å². The first-order valence-corrected chi connectivity index (χ1v) is 3.92. The maximum absolute atomic E-state index is 8.42. The van der Waals surface area contributed by atoms with Gasteiger partial charge in [0.25, 0.3) is 0 Å². The van der Waals surface area contributed by atoms with Crippen molar-refractivity contribution in [2.45, 2.75) is 0 Å². The zero-order chi connectivity index (χ0) is 8.10. The van der Waals surface area contributed by atoms with Crippen LogP contribution in [0.3, 0.4) is 0 Å². The number of hydrogen-bond acceptors (Lipinski definition) is 3. The molecule has 3 nitrogen and oxygen atoms in total. The summed E-state index contributed by atoms with van der Waals surface area (Å²) in [6, 6.07) is 7.02. The van der Waals surface area contributed by atoms with Crippen molar-refractivity contribution in [2.75, 3.05) is 7.11 Å². The number of hydrogen-bond donors (Lipinski definition) is 1. The van der Waals surface area contributed by atoms with Crippen molar-refractivity contribution < 1.29 is 14.0 Å². The summed E-state index contributed by atoms with van der Waals surface area (Å²) in [5.41, 5.74) is 0. The van der Waals surface area contributed by atoms with Gasteiger partial charge >= 0.3 is 10.0 Å². The van der Waals surface area contributed by atoms with Crippen molar-refractivity contribution in [1.82, 2.24) is 0 Å². The molecule has 58 valence electrons. The molecule has 11 heavy (non-hydrogen) atoms. The lowest BCUT2D eigenvalue weighted by Gasteiger charge is -2.01. The van der Waals surface area contributed by atoms with Crippen LogP contribution in [0.4, 0.5) is 0 Å². The van der Waals surface area contributed by atoms with E-state index in [0.29, 0.717) is 5.75 Å². The highest BCUT2D eigenvalue weighted by molar-refractivity contribution is 6.17. The van der Waals surface area contributed by atoms with E-state index in [-0.39, 0.29) is 0 Å². The van der Waals surface area contributed by atoms with Crippen molar-refractivity contribution >= 4 is 10.0 Å². The molecular formula is C7H8O3Si. The Morgan fingerprint density at radius 2 is 1.73 bits per heavy atom. The van der Waals surface area contributed by atoms with E-state index in [1.807, 2.05) is 0 Å². The van der Waals surface area contributed by atoms with E-state index in [1.54, 1.807) is 31.4 Å². The molecule has 2 radical (unpaired) electrons. The smallest absolute Gasteiger partial charge is 0.518 e. The predicted molar refractivity (Wildman–Crippen MR) is 41.6 cm³/mol. The van der Waals surface area contributed by atoms with E-state index in [4.69, 9.17) is 14.0 Å². The summed E-state index contributed by atoms with van der Waals surface area (Å²) in [6.45, 7) is 0. The van der Waals surface area contributed by atoms with Crippen molar-refractivity contribution in [1.29, 1.82) is 0 Å². The topological polar surface area (TPSA) is 38.7 Å². The number of rotatable bonds is 3. The Morgan fingerprint density at radius 3 is 2.18 bits per heavy atom. The fourth-order valence-electron chi connectivity index (χ4n) is 0.696. The van der Waals surface area contributed by atoms with Crippen LogP contribution in [0, 0.1) is 0 Å². The third kappa shape index (κ3) is 2.25. The first-order chi connectivity index (χ1) is 5.36. The summed E-state index contributed by atoms with van der Waals surface area (Å²) in [7, 11) is 1.09. The van der Waals surface area contributed by atoms with Crippen molar-refractivity contribution in [3.63, 3.8) is 0 Å². The Kier molecular flexibility index (Phi) is 2.94. The highest BCUT2D eigenvalue weighted by Crippen LogP contribution is 2.16. The minimum atomic E-state index is -0.508. The van der Waals surface area contributed by atoms with Crippen LogP contribution in [0.2, 0.25) is 0 Å². The molecular weight excluding hydrogens is 160 g/mol. The first-order valence-electron chi connectivity index (χ1n) is 3.07. The van der Waals surface area contributed by atoms with Crippen LogP contribution in [-0.4, -0.2) is 21.9 Å². The standard InChI is InChI=1S/C7H8O3Si/c1-9-6-2-4-7(5-3-6)10-11-8/h2-5,8H,1H3. The van der Waals surface area contributed by atoms with Gasteiger partial charge in [-0.2, -0.15) is 0 Å². The largest absolute Gasteiger partial charge is 0.518 e. The summed E-state index contributed by atoms with van der Waals surface area (Å²) in [4.78, 5) is 8.42. The van der Waals surface area contributed by atoms with Crippen molar-refractivity contribution in [3.05, 3.63) is 24.3 Å². The lowest BCUT2D eigenvalue weighted by atomic mass is 10.3. The fraction of sp³-hybridized carbons (Fsp3) is 0.143. The zero-order valence-electron chi connectivity index (χ0n) is 6.07. The van der Waals surface area contributed by atoms with Gasteiger partial charge in [0.1, 0.15) is 11.5 Å². The second-order valence-corrected chi connectivity index (χ2v) is 2.26. The van der Waals surface area contributed by atoms with Crippen LogP contribution in [0.5, 0.6) is 11.5 Å². The Balaban J connectivity index is 2.66. The maximum atomic E-state index is 8.42. The third-order valence-corrected chi connectivity index (χ3v) is 1.55. The Hall–Kier alpha value is -1.00. The van der Waals surface area contributed by atoms with Gasteiger partial charge in [-0.15, -0.1) is 0 Å². The molecule has 0 aromatic heterocycles. The summed E-state index contributed by atoms with van der Waals surface area (Å²) in [5, 5.41) is 0. The summed E-state index contributed by atoms with van der Waals surface area (Å²) >= 11 is 0. The predicted octanol–water partition coefficient (Wildman–Crippen LogP) is 0.600. The van der Waals surface area contributed by atoms with Gasteiger partial charge in [-0.3, -0.25) is 0 Å². The van der Waals surface area contributed by atoms with Gasteiger partial charge in [0.15, 0.2) is 0 Å². The lowest BCUT2D eigenvalue weighted by molar-refractivity contribution is 0.412. The number of ether oxygens (including phenoxy) is 1. The molecule has 1 rings (SSSR count). The first kappa shape index (κ1) is 8.10. The van der Waals surface area contributed by atoms with Crippen LogP contribution in [0.15, 0.2) is 24.3 Å². The summed E-state index contributed by atoms with van der Waals surface area (Å²) in [6.07, 6.45) is 0. The Labute approximate surface area is 67.6 Å². The molecule has 0 aliphatic rings. The second kappa shape index (κ2) is 4.00. The average molecular weight is 168 g/mol. The molecule has 0 saturated heterocycles. The molecule has 0 spiro atoms. The monoisotopic (exact) mass is 168 g/mol. The van der Waals surface area contributed by atoms with E-state index in [2.05, 4.69) is 0 Å². The maximum Gasteiger partial charge on any atom is 0.518 e. The van der Waals surface area contributed by atoms with Gasteiger partial charge in [-0.25, -0.2) is 0 Å². The van der Waals surface area contributed by atoms with Crippen LogP contribution in [-0.2, 0) is 0 Å². The van der Waals surface area contributed by atoms with Gasteiger partial charge in [0.2, 0.25) is 0 Å². The van der Waals surface area contributed by atoms with Crippen LogP contribution in [0.1, 0.15) is 0 Å². The molecule has 0 aliphatic heterocycles. The second-order valence-electron chi connectivity index (χ2n) is 1.87. The highest BCUT2D eigenvalue weighted by Gasteiger charge is 1.93. The van der Waals surface area contributed by atoms with Crippen molar-refractivity contribution in [3.8, 4) is 11.5 Å². The molecule has 0 atom stereocenters. The van der Waals surface area contributed by atoms with Gasteiger partial charge in [-0.05, 0) is 24.3 Å². The van der Waals surface area contributed by atoms with Gasteiger partial charge in [-0.1, -0.05) is 0 Å². The molecule has 1 aromatic carbocycles. The number of methoxy groups -OCH3 is 1. The number of benzene rings is 1. The van der Waals surface area contributed by atoms with Crippen LogP contribution >= 0.6 is 0 Å². The Bertz CT molecular complexity index is 209. The molecule has 0 fully saturated rings. The average Bonchev–Trinajstić information content (AvgIpc) is 2.07. The molecule has 0 heterocycles. The normalized spacial score (nSPS) is 9.27. The molecule has 0 amide bonds. The van der Waals surface area contributed by atoms with Gasteiger partial charge in [0, 0.05) is 0 Å². The van der Waals surface area contributed by atoms with Crippen molar-refractivity contribution in [2.24, 2.45) is 0 Å². The SMILES string of the molecule is COc1ccc(O[Si]O)cc1.